The highest BCUT2D eigenvalue weighted by Crippen LogP contribution is 2.28. The van der Waals surface area contributed by atoms with E-state index in [4.69, 9.17) is 14.2 Å². The van der Waals surface area contributed by atoms with Gasteiger partial charge in [0.15, 0.2) is 11.5 Å². The van der Waals surface area contributed by atoms with Crippen LogP contribution in [0.5, 0.6) is 11.5 Å². The van der Waals surface area contributed by atoms with E-state index in [1.807, 2.05) is 16.9 Å². The molecule has 1 saturated heterocycles. The zero-order valence-corrected chi connectivity index (χ0v) is 14.3. The molecule has 1 aromatic heterocycles. The van der Waals surface area contributed by atoms with Crippen LogP contribution in [0.15, 0.2) is 36.7 Å². The van der Waals surface area contributed by atoms with E-state index < -0.39 is 0 Å². The van der Waals surface area contributed by atoms with Crippen molar-refractivity contribution in [3.05, 3.63) is 42.2 Å². The molecule has 1 aliphatic heterocycles. The molecular formula is C18H21N3O4. The van der Waals surface area contributed by atoms with E-state index in [1.165, 1.54) is 6.08 Å². The van der Waals surface area contributed by atoms with Gasteiger partial charge in [0, 0.05) is 18.9 Å². The molecule has 0 spiro atoms. The maximum absolute atomic E-state index is 12.1. The van der Waals surface area contributed by atoms with Gasteiger partial charge in [0.2, 0.25) is 5.91 Å². The maximum atomic E-state index is 12.1. The lowest BCUT2D eigenvalue weighted by Crippen LogP contribution is -2.09. The molecule has 0 radical (unpaired) electrons. The number of amides is 1. The van der Waals surface area contributed by atoms with Crippen LogP contribution < -0.4 is 14.8 Å². The minimum absolute atomic E-state index is 0.225. The molecule has 1 aromatic carbocycles. The Morgan fingerprint density at radius 2 is 2.20 bits per heavy atom. The fraction of sp³-hybridized carbons (Fsp3) is 0.333. The van der Waals surface area contributed by atoms with Crippen LogP contribution in [0.1, 0.15) is 18.0 Å². The monoisotopic (exact) mass is 343 g/mol. The Balaban J connectivity index is 1.61. The second-order valence-electron chi connectivity index (χ2n) is 5.66. The van der Waals surface area contributed by atoms with Gasteiger partial charge in [-0.1, -0.05) is 6.07 Å². The second kappa shape index (κ2) is 7.85. The number of nitrogens with zero attached hydrogens (tertiary/aromatic N) is 2. The third kappa shape index (κ3) is 4.19. The average Bonchev–Trinajstić information content (AvgIpc) is 3.31. The van der Waals surface area contributed by atoms with Gasteiger partial charge in [-0.25, -0.2) is 0 Å². The third-order valence-electron chi connectivity index (χ3n) is 3.98. The standard InChI is InChI=1S/C18H21N3O4/c1-23-16-5-3-13(9-17(16)24-2)4-6-18(22)20-14-10-19-21(11-14)15-7-8-25-12-15/h3-6,9-11,15H,7-8,12H2,1-2H3,(H,20,22)/b6-4+. The second-order valence-corrected chi connectivity index (χ2v) is 5.66. The van der Waals surface area contributed by atoms with Gasteiger partial charge in [0.25, 0.3) is 0 Å². The van der Waals surface area contributed by atoms with Crippen molar-refractivity contribution in [2.24, 2.45) is 0 Å². The molecule has 1 unspecified atom stereocenters. The molecule has 132 valence electrons. The number of methoxy groups -OCH3 is 2. The highest BCUT2D eigenvalue weighted by atomic mass is 16.5. The van der Waals surface area contributed by atoms with Crippen LogP contribution in [-0.2, 0) is 9.53 Å². The van der Waals surface area contributed by atoms with Gasteiger partial charge in [-0.15, -0.1) is 0 Å². The molecule has 2 heterocycles. The number of hydrogen-bond donors (Lipinski definition) is 1. The normalized spacial score (nSPS) is 17.0. The van der Waals surface area contributed by atoms with E-state index in [0.29, 0.717) is 23.8 Å². The Kier molecular flexibility index (Phi) is 5.35. The van der Waals surface area contributed by atoms with Crippen LogP contribution in [-0.4, -0.2) is 43.1 Å². The molecule has 7 nitrogen and oxygen atoms in total. The topological polar surface area (TPSA) is 74.6 Å². The number of hydrogen-bond acceptors (Lipinski definition) is 5. The van der Waals surface area contributed by atoms with Gasteiger partial charge in [-0.3, -0.25) is 9.48 Å². The summed E-state index contributed by atoms with van der Waals surface area (Å²) in [5.41, 5.74) is 1.50. The van der Waals surface area contributed by atoms with Crippen LogP contribution in [0.2, 0.25) is 0 Å². The summed E-state index contributed by atoms with van der Waals surface area (Å²) in [5, 5.41) is 7.08. The molecule has 0 aliphatic carbocycles. The Hall–Kier alpha value is -2.80. The number of anilines is 1. The Bertz CT molecular complexity index is 763. The van der Waals surface area contributed by atoms with Crippen molar-refractivity contribution in [1.82, 2.24) is 9.78 Å². The van der Waals surface area contributed by atoms with E-state index in [9.17, 15) is 4.79 Å². The maximum Gasteiger partial charge on any atom is 0.248 e. The molecule has 1 atom stereocenters. The van der Waals surface area contributed by atoms with Gasteiger partial charge in [-0.05, 0) is 30.2 Å². The van der Waals surface area contributed by atoms with Gasteiger partial charge in [0.1, 0.15) is 0 Å². The number of carbonyl (C=O) groups excluding carboxylic acids is 1. The van der Waals surface area contributed by atoms with Gasteiger partial charge in [-0.2, -0.15) is 5.10 Å². The SMILES string of the molecule is COc1ccc(/C=C/C(=O)Nc2cnn(C3CCOC3)c2)cc1OC. The first-order valence-electron chi connectivity index (χ1n) is 8.02. The first-order chi connectivity index (χ1) is 12.2. The van der Waals surface area contributed by atoms with Gasteiger partial charge in [0.05, 0.1) is 38.8 Å². The molecule has 0 saturated carbocycles. The summed E-state index contributed by atoms with van der Waals surface area (Å²) >= 11 is 0. The summed E-state index contributed by atoms with van der Waals surface area (Å²) in [6.07, 6.45) is 7.58. The summed E-state index contributed by atoms with van der Waals surface area (Å²) in [7, 11) is 3.16. The van der Waals surface area contributed by atoms with Crippen molar-refractivity contribution in [3.8, 4) is 11.5 Å². The number of aromatic nitrogens is 2. The zero-order valence-electron chi connectivity index (χ0n) is 14.3. The minimum atomic E-state index is -0.225. The van der Waals surface area contributed by atoms with Crippen LogP contribution in [0, 0.1) is 0 Å². The minimum Gasteiger partial charge on any atom is -0.493 e. The van der Waals surface area contributed by atoms with Crippen LogP contribution in [0.4, 0.5) is 5.69 Å². The van der Waals surface area contributed by atoms with Crippen molar-refractivity contribution in [1.29, 1.82) is 0 Å². The predicted octanol–water partition coefficient (Wildman–Crippen LogP) is 2.51. The van der Waals surface area contributed by atoms with Crippen LogP contribution >= 0.6 is 0 Å². The lowest BCUT2D eigenvalue weighted by molar-refractivity contribution is -0.111. The average molecular weight is 343 g/mol. The van der Waals surface area contributed by atoms with Crippen molar-refractivity contribution in [2.45, 2.75) is 12.5 Å². The molecule has 2 aromatic rings. The molecular weight excluding hydrogens is 322 g/mol. The smallest absolute Gasteiger partial charge is 0.248 e. The Labute approximate surface area is 146 Å². The highest BCUT2D eigenvalue weighted by Gasteiger charge is 2.18. The summed E-state index contributed by atoms with van der Waals surface area (Å²) in [4.78, 5) is 12.1. The largest absolute Gasteiger partial charge is 0.493 e. The number of carbonyl (C=O) groups is 1. The first kappa shape index (κ1) is 17.0. The lowest BCUT2D eigenvalue weighted by atomic mass is 10.2. The number of nitrogens with one attached hydrogen (secondary N) is 1. The van der Waals surface area contributed by atoms with E-state index >= 15 is 0 Å². The number of ether oxygens (including phenoxy) is 3. The molecule has 0 bridgehead atoms. The molecule has 1 fully saturated rings. The first-order valence-corrected chi connectivity index (χ1v) is 8.02. The summed E-state index contributed by atoms with van der Waals surface area (Å²) in [6.45, 7) is 1.41. The fourth-order valence-electron chi connectivity index (χ4n) is 2.65. The molecule has 25 heavy (non-hydrogen) atoms. The summed E-state index contributed by atoms with van der Waals surface area (Å²) in [6, 6.07) is 5.70. The van der Waals surface area contributed by atoms with Crippen LogP contribution in [0.3, 0.4) is 0 Å². The van der Waals surface area contributed by atoms with E-state index in [1.54, 1.807) is 38.6 Å². The predicted molar refractivity (Wildman–Crippen MR) is 93.9 cm³/mol. The molecule has 1 amide bonds. The van der Waals surface area contributed by atoms with Crippen molar-refractivity contribution < 1.29 is 19.0 Å². The molecule has 1 N–H and O–H groups in total. The zero-order chi connectivity index (χ0) is 17.6. The van der Waals surface area contributed by atoms with Crippen LogP contribution in [0.25, 0.3) is 6.08 Å². The van der Waals surface area contributed by atoms with Gasteiger partial charge >= 0.3 is 0 Å². The lowest BCUT2D eigenvalue weighted by Gasteiger charge is -2.07. The Morgan fingerprint density at radius 1 is 1.36 bits per heavy atom. The Morgan fingerprint density at radius 3 is 2.92 bits per heavy atom. The van der Waals surface area contributed by atoms with Crippen molar-refractivity contribution in [3.63, 3.8) is 0 Å². The van der Waals surface area contributed by atoms with Gasteiger partial charge < -0.3 is 19.5 Å². The van der Waals surface area contributed by atoms with E-state index in [-0.39, 0.29) is 11.9 Å². The summed E-state index contributed by atoms with van der Waals surface area (Å²) < 4.78 is 17.6. The van der Waals surface area contributed by atoms with Crippen molar-refractivity contribution in [2.75, 3.05) is 32.8 Å². The molecule has 7 heteroatoms. The summed E-state index contributed by atoms with van der Waals surface area (Å²) in [5.74, 6) is 1.04. The quantitative estimate of drug-likeness (QED) is 0.816. The highest BCUT2D eigenvalue weighted by molar-refractivity contribution is 6.01. The fourth-order valence-corrected chi connectivity index (χ4v) is 2.65. The third-order valence-corrected chi connectivity index (χ3v) is 3.98. The van der Waals surface area contributed by atoms with E-state index in [0.717, 1.165) is 18.6 Å². The molecule has 1 aliphatic rings. The van der Waals surface area contributed by atoms with Crippen molar-refractivity contribution >= 4 is 17.7 Å². The number of benzene rings is 1. The number of rotatable bonds is 6. The van der Waals surface area contributed by atoms with E-state index in [2.05, 4.69) is 10.4 Å². The molecule has 3 rings (SSSR count).